The van der Waals surface area contributed by atoms with E-state index in [9.17, 15) is 14.7 Å². The Morgan fingerprint density at radius 1 is 0.931 bits per heavy atom. The van der Waals surface area contributed by atoms with E-state index in [0.29, 0.717) is 11.5 Å². The van der Waals surface area contributed by atoms with Gasteiger partial charge in [-0.3, -0.25) is 9.59 Å². The zero-order valence-electron chi connectivity index (χ0n) is 15.1. The molecule has 0 amide bonds. The van der Waals surface area contributed by atoms with Gasteiger partial charge in [0.15, 0.2) is 17.7 Å². The zero-order valence-corrected chi connectivity index (χ0v) is 15.1. The molecular formula is C21H14O8. The first kappa shape index (κ1) is 16.1. The van der Waals surface area contributed by atoms with Crippen molar-refractivity contribution in [3.63, 3.8) is 0 Å². The van der Waals surface area contributed by atoms with Gasteiger partial charge in [-0.1, -0.05) is 24.3 Å². The minimum atomic E-state index is -2.14. The number of fused-ring (bicyclic) bond motifs is 2. The molecule has 29 heavy (non-hydrogen) atoms. The summed E-state index contributed by atoms with van der Waals surface area (Å²) in [5.41, 5.74) is -3.93. The van der Waals surface area contributed by atoms with E-state index in [2.05, 4.69) is 0 Å². The molecule has 5 atom stereocenters. The maximum absolute atomic E-state index is 13.2. The Balaban J connectivity index is 1.51. The van der Waals surface area contributed by atoms with Crippen LogP contribution in [-0.2, 0) is 23.8 Å². The van der Waals surface area contributed by atoms with Crippen LogP contribution in [0.1, 0.15) is 0 Å². The highest BCUT2D eigenvalue weighted by Gasteiger charge is 3.04. The van der Waals surface area contributed by atoms with E-state index in [0.717, 1.165) is 22.9 Å². The molecule has 0 unspecified atom stereocenters. The van der Waals surface area contributed by atoms with Crippen molar-refractivity contribution in [3.05, 3.63) is 48.6 Å². The van der Waals surface area contributed by atoms with Crippen LogP contribution in [-0.4, -0.2) is 58.8 Å². The summed E-state index contributed by atoms with van der Waals surface area (Å²) in [5, 5.41) is 12.9. The predicted molar refractivity (Wildman–Crippen MR) is 94.3 cm³/mol. The first-order valence-corrected chi connectivity index (χ1v) is 9.25. The van der Waals surface area contributed by atoms with Crippen molar-refractivity contribution in [1.29, 1.82) is 0 Å². The summed E-state index contributed by atoms with van der Waals surface area (Å²) < 4.78 is 29.5. The predicted octanol–water partition coefficient (Wildman–Crippen LogP) is 0.639. The molecule has 8 nitrogen and oxygen atoms in total. The molecule has 3 aliphatic heterocycles. The molecule has 2 aromatic rings. The van der Waals surface area contributed by atoms with E-state index >= 15 is 0 Å². The highest BCUT2D eigenvalue weighted by molar-refractivity contribution is 6.20. The van der Waals surface area contributed by atoms with Gasteiger partial charge in [-0.2, -0.15) is 0 Å². The van der Waals surface area contributed by atoms with Gasteiger partial charge < -0.3 is 28.8 Å². The Morgan fingerprint density at radius 2 is 1.55 bits per heavy atom. The lowest BCUT2D eigenvalue weighted by molar-refractivity contribution is -0.249. The second-order valence-electron chi connectivity index (χ2n) is 7.89. The van der Waals surface area contributed by atoms with Crippen LogP contribution in [0.15, 0.2) is 48.6 Å². The molecule has 1 saturated carbocycles. The van der Waals surface area contributed by atoms with Crippen LogP contribution in [0, 0.1) is 0 Å². The highest BCUT2D eigenvalue weighted by Crippen LogP contribution is 2.74. The fraction of sp³-hybridized carbons (Fsp3) is 0.333. The molecule has 0 bridgehead atoms. The van der Waals surface area contributed by atoms with Gasteiger partial charge in [0.1, 0.15) is 17.6 Å². The Hall–Kier alpha value is -2.78. The quantitative estimate of drug-likeness (QED) is 0.555. The van der Waals surface area contributed by atoms with Crippen molar-refractivity contribution in [3.8, 4) is 11.5 Å². The van der Waals surface area contributed by atoms with Crippen LogP contribution in [0.25, 0.3) is 10.8 Å². The SMILES string of the molecule is CO[C@]1(O)[C@H]2O[C@H]2C2(Oc3cccc4cccc(c34)O2)[C@]23O[C@]12C(=O)C=CC3=O. The second kappa shape index (κ2) is 4.36. The van der Waals surface area contributed by atoms with Crippen LogP contribution in [0.4, 0.5) is 0 Å². The van der Waals surface area contributed by atoms with Gasteiger partial charge >= 0.3 is 5.79 Å². The second-order valence-corrected chi connectivity index (χ2v) is 7.89. The summed E-state index contributed by atoms with van der Waals surface area (Å²) in [4.78, 5) is 26.1. The Kier molecular flexibility index (Phi) is 2.42. The lowest BCUT2D eigenvalue weighted by Crippen LogP contribution is -2.76. The monoisotopic (exact) mass is 394 g/mol. The van der Waals surface area contributed by atoms with E-state index in [1.165, 1.54) is 7.11 Å². The van der Waals surface area contributed by atoms with Gasteiger partial charge in [0.2, 0.25) is 11.4 Å². The molecule has 3 fully saturated rings. The summed E-state index contributed by atoms with van der Waals surface area (Å²) in [5.74, 6) is -4.10. The van der Waals surface area contributed by atoms with Gasteiger partial charge in [0, 0.05) is 7.11 Å². The van der Waals surface area contributed by atoms with Crippen molar-refractivity contribution < 1.29 is 38.4 Å². The summed E-state index contributed by atoms with van der Waals surface area (Å²) >= 11 is 0. The molecule has 1 N–H and O–H groups in total. The fourth-order valence-corrected chi connectivity index (χ4v) is 5.44. The molecular weight excluding hydrogens is 380 g/mol. The standard InChI is InChI=1S/C21H14O8/c1-25-20(24)16-17(26-16)21(19-14(23)9-8-13(22)18(19,20)29-19)27-11-6-2-4-10-5-3-7-12(28-21)15(10)11/h2-9,16-17,24H,1H3/t16-,17+,18-,19+,20+/m0/s1. The van der Waals surface area contributed by atoms with Crippen LogP contribution in [0.3, 0.4) is 0 Å². The van der Waals surface area contributed by atoms with Crippen LogP contribution in [0.2, 0.25) is 0 Å². The molecule has 5 aliphatic rings. The zero-order chi connectivity index (χ0) is 19.8. The third-order valence-electron chi connectivity index (χ3n) is 6.75. The number of hydrogen-bond donors (Lipinski definition) is 1. The number of ketones is 2. The van der Waals surface area contributed by atoms with E-state index < -0.39 is 46.6 Å². The average Bonchev–Trinajstić information content (AvgIpc) is 3.63. The molecule has 1 spiro atoms. The number of aliphatic hydroxyl groups is 1. The molecule has 2 aromatic carbocycles. The topological polar surface area (TPSA) is 107 Å². The molecule has 146 valence electrons. The van der Waals surface area contributed by atoms with Gasteiger partial charge in [0.25, 0.3) is 5.60 Å². The molecule has 2 aliphatic carbocycles. The van der Waals surface area contributed by atoms with Crippen LogP contribution >= 0.6 is 0 Å². The molecule has 0 aromatic heterocycles. The van der Waals surface area contributed by atoms with Gasteiger partial charge in [-0.15, -0.1) is 0 Å². The van der Waals surface area contributed by atoms with E-state index in [4.69, 9.17) is 23.7 Å². The molecule has 8 heteroatoms. The summed E-state index contributed by atoms with van der Waals surface area (Å²) in [6.45, 7) is 0. The number of rotatable bonds is 1. The Labute approximate surface area is 163 Å². The lowest BCUT2D eigenvalue weighted by Gasteiger charge is -2.46. The van der Waals surface area contributed by atoms with Crippen molar-refractivity contribution >= 4 is 22.3 Å². The fourth-order valence-electron chi connectivity index (χ4n) is 5.44. The lowest BCUT2D eigenvalue weighted by atomic mass is 9.65. The van der Waals surface area contributed by atoms with E-state index in [1.54, 1.807) is 12.1 Å². The maximum atomic E-state index is 13.2. The Morgan fingerprint density at radius 3 is 2.17 bits per heavy atom. The van der Waals surface area contributed by atoms with Crippen molar-refractivity contribution in [1.82, 2.24) is 0 Å². The normalized spacial score (nSPS) is 41.9. The van der Waals surface area contributed by atoms with Gasteiger partial charge in [-0.25, -0.2) is 0 Å². The number of methoxy groups -OCH3 is 1. The minimum Gasteiger partial charge on any atom is -0.446 e. The highest BCUT2D eigenvalue weighted by atomic mass is 16.8. The number of benzene rings is 2. The third kappa shape index (κ3) is 1.35. The summed E-state index contributed by atoms with van der Waals surface area (Å²) in [6, 6.07) is 11.0. The molecule has 0 radical (unpaired) electrons. The summed E-state index contributed by atoms with van der Waals surface area (Å²) in [6.07, 6.45) is 0.374. The third-order valence-corrected chi connectivity index (χ3v) is 6.75. The van der Waals surface area contributed by atoms with Crippen molar-refractivity contribution in [2.45, 2.75) is 35.0 Å². The van der Waals surface area contributed by atoms with E-state index in [-0.39, 0.29) is 0 Å². The van der Waals surface area contributed by atoms with Gasteiger partial charge in [-0.05, 0) is 29.7 Å². The number of epoxide rings is 2. The smallest absolute Gasteiger partial charge is 0.321 e. The molecule has 3 heterocycles. The average molecular weight is 394 g/mol. The largest absolute Gasteiger partial charge is 0.446 e. The number of carbonyl (C=O) groups excluding carboxylic acids is 2. The van der Waals surface area contributed by atoms with Crippen molar-refractivity contribution in [2.24, 2.45) is 0 Å². The van der Waals surface area contributed by atoms with Crippen LogP contribution < -0.4 is 9.47 Å². The first-order valence-electron chi connectivity index (χ1n) is 9.25. The van der Waals surface area contributed by atoms with Gasteiger partial charge in [0.05, 0.1) is 5.39 Å². The molecule has 2 saturated heterocycles. The number of hydrogen-bond acceptors (Lipinski definition) is 8. The number of ether oxygens (including phenoxy) is 5. The maximum Gasteiger partial charge on any atom is 0.321 e. The van der Waals surface area contributed by atoms with E-state index in [1.807, 2.05) is 24.3 Å². The first-order chi connectivity index (χ1) is 14.0. The summed E-state index contributed by atoms with van der Waals surface area (Å²) in [7, 11) is 1.24. The number of carbonyl (C=O) groups is 2. The van der Waals surface area contributed by atoms with Crippen molar-refractivity contribution in [2.75, 3.05) is 7.11 Å². The molecule has 7 rings (SSSR count). The van der Waals surface area contributed by atoms with Crippen LogP contribution in [0.5, 0.6) is 11.5 Å². The minimum absolute atomic E-state index is 0.482. The Bertz CT molecular complexity index is 1160.